The molecule has 1 saturated heterocycles. The largest absolute Gasteiger partial charge is 0.486 e. The summed E-state index contributed by atoms with van der Waals surface area (Å²) in [6.45, 7) is -0.215. The summed E-state index contributed by atoms with van der Waals surface area (Å²) < 4.78 is 53.8. The van der Waals surface area contributed by atoms with Gasteiger partial charge in [-0.1, -0.05) is 12.1 Å². The van der Waals surface area contributed by atoms with Crippen LogP contribution in [0.1, 0.15) is 6.42 Å². The van der Waals surface area contributed by atoms with Crippen LogP contribution in [0.4, 0.5) is 4.39 Å². The number of para-hydroxylation sites is 1. The van der Waals surface area contributed by atoms with Crippen LogP contribution in [0.3, 0.4) is 0 Å². The van der Waals surface area contributed by atoms with E-state index >= 15 is 0 Å². The van der Waals surface area contributed by atoms with Gasteiger partial charge in [-0.25, -0.2) is 12.8 Å². The monoisotopic (exact) mass is 375 g/mol. The molecule has 10 heteroatoms. The fourth-order valence-corrected chi connectivity index (χ4v) is 4.06. The van der Waals surface area contributed by atoms with Crippen molar-refractivity contribution in [3.8, 4) is 5.75 Å². The Morgan fingerprint density at radius 2 is 1.92 bits per heavy atom. The summed E-state index contributed by atoms with van der Waals surface area (Å²) in [5.41, 5.74) is 0. The maximum atomic E-state index is 13.7. The molecule has 0 spiro atoms. The van der Waals surface area contributed by atoms with Crippen LogP contribution in [-0.2, 0) is 29.1 Å². The third-order valence-electron chi connectivity index (χ3n) is 3.71. The molecule has 0 bridgehead atoms. The standard InChI is InChI=1S/C15H18FNO7S/c1-22-14(18)9-25(20,21)17-8-10(7-12(17)15(19)23-2)24-13-6-4-3-5-11(13)16/h3-6,10,12H,7-9H2,1-2H3. The maximum Gasteiger partial charge on any atom is 0.324 e. The highest BCUT2D eigenvalue weighted by atomic mass is 32.2. The summed E-state index contributed by atoms with van der Waals surface area (Å²) in [7, 11) is -1.94. The Balaban J connectivity index is 2.21. The van der Waals surface area contributed by atoms with E-state index in [-0.39, 0.29) is 18.7 Å². The third kappa shape index (κ3) is 4.45. The quantitative estimate of drug-likeness (QED) is 0.661. The van der Waals surface area contributed by atoms with Crippen LogP contribution in [-0.4, -0.2) is 63.3 Å². The predicted octanol–water partition coefficient (Wildman–Crippen LogP) is 0.323. The molecule has 1 aromatic rings. The number of benzene rings is 1. The number of halogens is 1. The highest BCUT2D eigenvalue weighted by molar-refractivity contribution is 7.89. The number of methoxy groups -OCH3 is 2. The summed E-state index contributed by atoms with van der Waals surface area (Å²) in [5.74, 6) is -3.31. The second-order valence-electron chi connectivity index (χ2n) is 5.35. The Hall–Kier alpha value is -2.20. The number of carbonyl (C=O) groups excluding carboxylic acids is 2. The summed E-state index contributed by atoms with van der Waals surface area (Å²) >= 11 is 0. The number of hydrogen-bond donors (Lipinski definition) is 0. The van der Waals surface area contributed by atoms with Gasteiger partial charge in [-0.05, 0) is 12.1 Å². The van der Waals surface area contributed by atoms with E-state index in [0.717, 1.165) is 18.5 Å². The van der Waals surface area contributed by atoms with Crippen molar-refractivity contribution in [2.24, 2.45) is 0 Å². The number of ether oxygens (including phenoxy) is 3. The van der Waals surface area contributed by atoms with Gasteiger partial charge in [0.15, 0.2) is 17.3 Å². The molecular formula is C15H18FNO7S. The van der Waals surface area contributed by atoms with E-state index in [9.17, 15) is 22.4 Å². The average Bonchev–Trinajstić information content (AvgIpc) is 3.00. The zero-order valence-electron chi connectivity index (χ0n) is 13.7. The maximum absolute atomic E-state index is 13.7. The molecule has 25 heavy (non-hydrogen) atoms. The van der Waals surface area contributed by atoms with E-state index < -0.39 is 45.7 Å². The van der Waals surface area contributed by atoms with Gasteiger partial charge in [-0.2, -0.15) is 4.31 Å². The van der Waals surface area contributed by atoms with Gasteiger partial charge in [0, 0.05) is 6.42 Å². The molecule has 2 rings (SSSR count). The zero-order chi connectivity index (χ0) is 18.6. The fraction of sp³-hybridized carbons (Fsp3) is 0.467. The number of rotatable bonds is 6. The van der Waals surface area contributed by atoms with Crippen LogP contribution in [0.5, 0.6) is 5.75 Å². The lowest BCUT2D eigenvalue weighted by Crippen LogP contribution is -2.43. The first kappa shape index (κ1) is 19.1. The van der Waals surface area contributed by atoms with Crippen molar-refractivity contribution >= 4 is 22.0 Å². The molecule has 1 aliphatic heterocycles. The van der Waals surface area contributed by atoms with E-state index in [2.05, 4.69) is 9.47 Å². The smallest absolute Gasteiger partial charge is 0.324 e. The van der Waals surface area contributed by atoms with E-state index in [4.69, 9.17) is 4.74 Å². The minimum Gasteiger partial charge on any atom is -0.486 e. The molecule has 0 amide bonds. The van der Waals surface area contributed by atoms with Gasteiger partial charge >= 0.3 is 11.9 Å². The fourth-order valence-electron chi connectivity index (χ4n) is 2.52. The number of esters is 2. The van der Waals surface area contributed by atoms with Crippen molar-refractivity contribution in [2.75, 3.05) is 26.5 Å². The Morgan fingerprint density at radius 3 is 2.52 bits per heavy atom. The summed E-state index contributed by atoms with van der Waals surface area (Å²) in [4.78, 5) is 23.2. The lowest BCUT2D eigenvalue weighted by molar-refractivity contribution is -0.144. The van der Waals surface area contributed by atoms with Crippen molar-refractivity contribution < 1.29 is 36.6 Å². The SMILES string of the molecule is COC(=O)CS(=O)(=O)N1CC(Oc2ccccc2F)CC1C(=O)OC. The Morgan fingerprint density at radius 1 is 1.24 bits per heavy atom. The van der Waals surface area contributed by atoms with E-state index in [1.807, 2.05) is 0 Å². The molecule has 0 saturated carbocycles. The molecule has 1 fully saturated rings. The summed E-state index contributed by atoms with van der Waals surface area (Å²) in [6.07, 6.45) is -0.796. The molecule has 0 N–H and O–H groups in total. The van der Waals surface area contributed by atoms with Gasteiger partial charge < -0.3 is 14.2 Å². The minimum atomic E-state index is -4.13. The predicted molar refractivity (Wildman–Crippen MR) is 83.7 cm³/mol. The van der Waals surface area contributed by atoms with Crippen LogP contribution >= 0.6 is 0 Å². The van der Waals surface area contributed by atoms with Crippen molar-refractivity contribution in [3.05, 3.63) is 30.1 Å². The van der Waals surface area contributed by atoms with Gasteiger partial charge in [-0.3, -0.25) is 9.59 Å². The molecule has 0 aliphatic carbocycles. The molecule has 2 unspecified atom stereocenters. The molecule has 0 radical (unpaired) electrons. The molecule has 138 valence electrons. The van der Waals surface area contributed by atoms with Gasteiger partial charge in [0.25, 0.3) is 0 Å². The lowest BCUT2D eigenvalue weighted by Gasteiger charge is -2.21. The summed E-state index contributed by atoms with van der Waals surface area (Å²) in [5, 5.41) is 0. The molecule has 1 aliphatic rings. The van der Waals surface area contributed by atoms with E-state index in [0.29, 0.717) is 0 Å². The molecule has 8 nitrogen and oxygen atoms in total. The van der Waals surface area contributed by atoms with Crippen LogP contribution in [0, 0.1) is 5.82 Å². The first-order chi connectivity index (χ1) is 11.8. The Bertz CT molecular complexity index is 752. The van der Waals surface area contributed by atoms with Gasteiger partial charge in [0.1, 0.15) is 12.1 Å². The van der Waals surface area contributed by atoms with Crippen LogP contribution in [0.15, 0.2) is 24.3 Å². The highest BCUT2D eigenvalue weighted by Crippen LogP contribution is 2.27. The van der Waals surface area contributed by atoms with E-state index in [1.165, 1.54) is 18.2 Å². The van der Waals surface area contributed by atoms with Crippen molar-refractivity contribution in [2.45, 2.75) is 18.6 Å². The number of carbonyl (C=O) groups is 2. The molecule has 1 aromatic carbocycles. The Labute approximate surface area is 144 Å². The van der Waals surface area contributed by atoms with Crippen molar-refractivity contribution in [1.29, 1.82) is 0 Å². The van der Waals surface area contributed by atoms with Gasteiger partial charge in [0.05, 0.1) is 20.8 Å². The van der Waals surface area contributed by atoms with Gasteiger partial charge in [-0.15, -0.1) is 0 Å². The Kier molecular flexibility index (Phi) is 5.96. The first-order valence-corrected chi connectivity index (χ1v) is 8.94. The second-order valence-corrected chi connectivity index (χ2v) is 7.27. The molecule has 2 atom stereocenters. The van der Waals surface area contributed by atoms with Crippen LogP contribution in [0.25, 0.3) is 0 Å². The zero-order valence-corrected chi connectivity index (χ0v) is 14.5. The topological polar surface area (TPSA) is 99.2 Å². The molecular weight excluding hydrogens is 357 g/mol. The number of sulfonamides is 1. The minimum absolute atomic E-state index is 0.0264. The highest BCUT2D eigenvalue weighted by Gasteiger charge is 2.45. The van der Waals surface area contributed by atoms with Crippen molar-refractivity contribution in [1.82, 2.24) is 4.31 Å². The normalized spacial score (nSPS) is 20.9. The lowest BCUT2D eigenvalue weighted by atomic mass is 10.2. The van der Waals surface area contributed by atoms with E-state index in [1.54, 1.807) is 6.07 Å². The summed E-state index contributed by atoms with van der Waals surface area (Å²) in [6, 6.07) is 4.50. The number of hydrogen-bond acceptors (Lipinski definition) is 7. The van der Waals surface area contributed by atoms with Gasteiger partial charge in [0.2, 0.25) is 10.0 Å². The number of nitrogens with zero attached hydrogens (tertiary/aromatic N) is 1. The molecule has 0 aromatic heterocycles. The van der Waals surface area contributed by atoms with Crippen LogP contribution in [0.2, 0.25) is 0 Å². The first-order valence-electron chi connectivity index (χ1n) is 7.34. The van der Waals surface area contributed by atoms with Crippen molar-refractivity contribution in [3.63, 3.8) is 0 Å². The third-order valence-corrected chi connectivity index (χ3v) is 5.42. The second kappa shape index (κ2) is 7.79. The average molecular weight is 375 g/mol. The van der Waals surface area contributed by atoms with Crippen LogP contribution < -0.4 is 4.74 Å². The molecule has 1 heterocycles.